The van der Waals surface area contributed by atoms with Crippen LogP contribution in [-0.2, 0) is 0 Å². The van der Waals surface area contributed by atoms with Crippen molar-refractivity contribution >= 4 is 18.5 Å². The number of hydrogen-bond acceptors (Lipinski definition) is 0. The first-order valence-corrected chi connectivity index (χ1v) is 6.35. The number of unbranched alkanes of at least 4 members (excludes halogenated alkanes) is 1. The van der Waals surface area contributed by atoms with E-state index in [-0.39, 0.29) is 7.27 Å². The predicted molar refractivity (Wildman–Crippen MR) is 52.3 cm³/mol. The lowest BCUT2D eigenvalue weighted by Gasteiger charge is -2.24. The fourth-order valence-corrected chi connectivity index (χ4v) is 2.26. The summed E-state index contributed by atoms with van der Waals surface area (Å²) in [5.74, 6) is 0. The van der Waals surface area contributed by atoms with Gasteiger partial charge in [-0.2, -0.15) is 0 Å². The van der Waals surface area contributed by atoms with Crippen LogP contribution in [0.4, 0.5) is 0 Å². The number of halogens is 1. The fourth-order valence-electron chi connectivity index (χ4n) is 0.632. The van der Waals surface area contributed by atoms with Crippen LogP contribution in [0.25, 0.3) is 0 Å². The first kappa shape index (κ1) is 10.7. The van der Waals surface area contributed by atoms with Gasteiger partial charge in [-0.1, -0.05) is 45.4 Å². The lowest BCUT2D eigenvalue weighted by molar-refractivity contribution is 0.780. The topological polar surface area (TPSA) is 0 Å². The van der Waals surface area contributed by atoms with Gasteiger partial charge in [-0.05, 0) is 25.0 Å². The molecule has 0 aliphatic rings. The molecule has 1 atom stereocenters. The summed E-state index contributed by atoms with van der Waals surface area (Å²) < 4.78 is 0. The second-order valence-electron chi connectivity index (χ2n) is 3.61. The summed E-state index contributed by atoms with van der Waals surface area (Å²) in [6.45, 7) is 8.88. The molecule has 62 valence electrons. The maximum absolute atomic E-state index is 6.20. The van der Waals surface area contributed by atoms with Crippen LogP contribution in [0.15, 0.2) is 0 Å². The molecule has 0 amide bonds. The molecule has 10 heavy (non-hydrogen) atoms. The molecule has 0 bridgehead atoms. The van der Waals surface area contributed by atoms with Crippen molar-refractivity contribution in [2.24, 2.45) is 0 Å². The number of rotatable bonds is 3. The molecule has 0 nitrogen and oxygen atoms in total. The van der Waals surface area contributed by atoms with Gasteiger partial charge in [-0.15, -0.1) is 0 Å². The first-order chi connectivity index (χ1) is 4.48. The smallest absolute Gasteiger partial charge is 0.00410 e. The molecule has 0 aromatic carbocycles. The Morgan fingerprint density at radius 1 is 1.30 bits per heavy atom. The van der Waals surface area contributed by atoms with Crippen molar-refractivity contribution in [3.8, 4) is 0 Å². The SMILES string of the molecule is CCCCP(Cl)C(C)(C)C. The zero-order valence-corrected chi connectivity index (χ0v) is 9.10. The second kappa shape index (κ2) is 4.57. The zero-order chi connectivity index (χ0) is 8.20. The Morgan fingerprint density at radius 3 is 2.10 bits per heavy atom. The molecule has 0 spiro atoms. The minimum Gasteiger partial charge on any atom is -0.0959 e. The Bertz CT molecular complexity index is 85.7. The van der Waals surface area contributed by atoms with Crippen molar-refractivity contribution in [1.29, 1.82) is 0 Å². The van der Waals surface area contributed by atoms with E-state index in [1.807, 2.05) is 0 Å². The van der Waals surface area contributed by atoms with Gasteiger partial charge in [0, 0.05) is 0 Å². The average molecular weight is 181 g/mol. The Kier molecular flexibility index (Phi) is 4.90. The molecular weight excluding hydrogens is 163 g/mol. The number of hydrogen-bond donors (Lipinski definition) is 0. The molecule has 0 saturated carbocycles. The van der Waals surface area contributed by atoms with Crippen molar-refractivity contribution in [3.63, 3.8) is 0 Å². The molecule has 0 aliphatic heterocycles. The van der Waals surface area contributed by atoms with Crippen molar-refractivity contribution in [2.75, 3.05) is 6.16 Å². The van der Waals surface area contributed by atoms with Crippen LogP contribution in [-0.4, -0.2) is 11.3 Å². The highest BCUT2D eigenvalue weighted by Crippen LogP contribution is 2.54. The lowest BCUT2D eigenvalue weighted by atomic mass is 10.3. The van der Waals surface area contributed by atoms with E-state index in [2.05, 4.69) is 27.7 Å². The van der Waals surface area contributed by atoms with E-state index in [1.165, 1.54) is 19.0 Å². The predicted octanol–water partition coefficient (Wildman–Crippen LogP) is 4.22. The third-order valence-electron chi connectivity index (χ3n) is 1.44. The Balaban J connectivity index is 3.52. The van der Waals surface area contributed by atoms with Gasteiger partial charge in [0.1, 0.15) is 0 Å². The van der Waals surface area contributed by atoms with Crippen LogP contribution in [0.3, 0.4) is 0 Å². The molecular formula is C8H18ClP. The quantitative estimate of drug-likeness (QED) is 0.571. The van der Waals surface area contributed by atoms with E-state index in [9.17, 15) is 0 Å². The van der Waals surface area contributed by atoms with E-state index in [4.69, 9.17) is 11.2 Å². The summed E-state index contributed by atoms with van der Waals surface area (Å²) in [6.07, 6.45) is 3.77. The van der Waals surface area contributed by atoms with Gasteiger partial charge in [0.25, 0.3) is 0 Å². The van der Waals surface area contributed by atoms with Crippen molar-refractivity contribution in [1.82, 2.24) is 0 Å². The van der Waals surface area contributed by atoms with Gasteiger partial charge in [-0.3, -0.25) is 0 Å². The summed E-state index contributed by atoms with van der Waals surface area (Å²) >= 11 is 6.20. The van der Waals surface area contributed by atoms with Crippen molar-refractivity contribution < 1.29 is 0 Å². The van der Waals surface area contributed by atoms with Crippen LogP contribution in [0, 0.1) is 0 Å². The van der Waals surface area contributed by atoms with Crippen molar-refractivity contribution in [3.05, 3.63) is 0 Å². The van der Waals surface area contributed by atoms with E-state index >= 15 is 0 Å². The molecule has 0 radical (unpaired) electrons. The van der Waals surface area contributed by atoms with E-state index < -0.39 is 0 Å². The molecule has 0 aromatic heterocycles. The van der Waals surface area contributed by atoms with Gasteiger partial charge >= 0.3 is 0 Å². The zero-order valence-electron chi connectivity index (χ0n) is 7.45. The largest absolute Gasteiger partial charge is 0.0959 e. The molecule has 0 fully saturated rings. The third-order valence-corrected chi connectivity index (χ3v) is 5.63. The summed E-state index contributed by atoms with van der Waals surface area (Å²) in [7, 11) is -0.255. The van der Waals surface area contributed by atoms with Crippen LogP contribution in [0.2, 0.25) is 0 Å². The molecule has 1 unspecified atom stereocenters. The van der Waals surface area contributed by atoms with Gasteiger partial charge in [-0.25, -0.2) is 0 Å². The van der Waals surface area contributed by atoms with E-state index in [0.717, 1.165) is 0 Å². The highest BCUT2D eigenvalue weighted by atomic mass is 35.7. The van der Waals surface area contributed by atoms with Crippen LogP contribution < -0.4 is 0 Å². The van der Waals surface area contributed by atoms with E-state index in [1.54, 1.807) is 0 Å². The highest BCUT2D eigenvalue weighted by molar-refractivity contribution is 7.85. The standard InChI is InChI=1S/C8H18ClP/c1-5-6-7-10(9)8(2,3)4/h5-7H2,1-4H3. The van der Waals surface area contributed by atoms with Crippen molar-refractivity contribution in [2.45, 2.75) is 45.7 Å². The highest BCUT2D eigenvalue weighted by Gasteiger charge is 2.20. The Hall–Kier alpha value is 0.720. The summed E-state index contributed by atoms with van der Waals surface area (Å²) in [5, 5.41) is 0.339. The maximum atomic E-state index is 6.20. The Morgan fingerprint density at radius 2 is 1.80 bits per heavy atom. The van der Waals surface area contributed by atoms with Gasteiger partial charge < -0.3 is 0 Å². The fraction of sp³-hybridized carbons (Fsp3) is 1.00. The minimum atomic E-state index is -0.255. The lowest BCUT2D eigenvalue weighted by Crippen LogP contribution is -2.09. The van der Waals surface area contributed by atoms with Crippen LogP contribution in [0.1, 0.15) is 40.5 Å². The molecule has 0 aliphatic carbocycles. The molecule has 0 N–H and O–H groups in total. The molecule has 0 rings (SSSR count). The third kappa shape index (κ3) is 4.52. The summed E-state index contributed by atoms with van der Waals surface area (Å²) in [4.78, 5) is 0. The molecule has 0 aromatic rings. The first-order valence-electron chi connectivity index (χ1n) is 3.92. The molecule has 2 heteroatoms. The average Bonchev–Trinajstić information content (AvgIpc) is 1.80. The van der Waals surface area contributed by atoms with E-state index in [0.29, 0.717) is 5.16 Å². The Labute approximate surface area is 70.9 Å². The van der Waals surface area contributed by atoms with Crippen LogP contribution >= 0.6 is 18.5 Å². The second-order valence-corrected chi connectivity index (χ2v) is 7.35. The van der Waals surface area contributed by atoms with Gasteiger partial charge in [0.2, 0.25) is 0 Å². The summed E-state index contributed by atoms with van der Waals surface area (Å²) in [6, 6.07) is 0. The minimum absolute atomic E-state index is 0.255. The normalized spacial score (nSPS) is 15.3. The molecule has 0 heterocycles. The van der Waals surface area contributed by atoms with Gasteiger partial charge in [0.05, 0.1) is 0 Å². The maximum Gasteiger partial charge on any atom is -0.00410 e. The monoisotopic (exact) mass is 180 g/mol. The van der Waals surface area contributed by atoms with Crippen LogP contribution in [0.5, 0.6) is 0 Å². The summed E-state index contributed by atoms with van der Waals surface area (Å²) in [5.41, 5.74) is 0. The van der Waals surface area contributed by atoms with Gasteiger partial charge in [0.15, 0.2) is 0 Å². The molecule has 0 saturated heterocycles.